The first kappa shape index (κ1) is 9.40. The van der Waals surface area contributed by atoms with Gasteiger partial charge < -0.3 is 5.11 Å². The van der Waals surface area contributed by atoms with Crippen LogP contribution in [0.3, 0.4) is 0 Å². The Morgan fingerprint density at radius 1 is 1.36 bits per heavy atom. The van der Waals surface area contributed by atoms with E-state index in [0.717, 1.165) is 5.25 Å². The number of aliphatic hydroxyl groups is 1. The minimum absolute atomic E-state index is 0.0784. The average molecular weight is 174 g/mol. The molecule has 1 aliphatic rings. The van der Waals surface area contributed by atoms with E-state index in [9.17, 15) is 0 Å². The highest BCUT2D eigenvalue weighted by Crippen LogP contribution is 2.37. The quantitative estimate of drug-likeness (QED) is 0.709. The maximum Gasteiger partial charge on any atom is 0.0572 e. The smallest absolute Gasteiger partial charge is 0.0572 e. The van der Waals surface area contributed by atoms with Gasteiger partial charge in [-0.15, -0.1) is 11.8 Å². The molecule has 0 saturated heterocycles. The zero-order valence-corrected chi connectivity index (χ0v) is 8.28. The molecule has 0 spiro atoms. The van der Waals surface area contributed by atoms with Gasteiger partial charge in [-0.05, 0) is 26.7 Å². The summed E-state index contributed by atoms with van der Waals surface area (Å²) in [4.78, 5) is 0. The second-order valence-electron chi connectivity index (χ2n) is 3.94. The minimum Gasteiger partial charge on any atom is -0.395 e. The van der Waals surface area contributed by atoms with Crippen LogP contribution in [0.4, 0.5) is 0 Å². The molecule has 0 heterocycles. The molecule has 66 valence electrons. The molecule has 11 heavy (non-hydrogen) atoms. The van der Waals surface area contributed by atoms with Crippen molar-refractivity contribution in [3.8, 4) is 0 Å². The highest BCUT2D eigenvalue weighted by atomic mass is 32.2. The number of hydrogen-bond donors (Lipinski definition) is 1. The van der Waals surface area contributed by atoms with Gasteiger partial charge in [0.1, 0.15) is 0 Å². The van der Waals surface area contributed by atoms with Crippen LogP contribution in [0.2, 0.25) is 0 Å². The first-order valence-electron chi connectivity index (χ1n) is 4.43. The van der Waals surface area contributed by atoms with E-state index in [-0.39, 0.29) is 4.75 Å². The summed E-state index contributed by atoms with van der Waals surface area (Å²) in [5, 5.41) is 9.85. The topological polar surface area (TPSA) is 20.2 Å². The molecule has 1 saturated carbocycles. The molecular weight excluding hydrogens is 156 g/mol. The van der Waals surface area contributed by atoms with Crippen LogP contribution in [-0.2, 0) is 0 Å². The van der Waals surface area contributed by atoms with E-state index in [0.29, 0.717) is 6.61 Å². The Kier molecular flexibility index (Phi) is 3.26. The maximum absolute atomic E-state index is 9.03. The van der Waals surface area contributed by atoms with Crippen molar-refractivity contribution in [1.82, 2.24) is 0 Å². The fourth-order valence-electron chi connectivity index (χ4n) is 1.49. The molecular formula is C9H18OS. The summed E-state index contributed by atoms with van der Waals surface area (Å²) in [5.41, 5.74) is 0. The lowest BCUT2D eigenvalue weighted by Gasteiger charge is -2.24. The Labute approximate surface area is 73.6 Å². The first-order chi connectivity index (χ1) is 5.14. The molecule has 1 rings (SSSR count). The van der Waals surface area contributed by atoms with Crippen molar-refractivity contribution in [3.05, 3.63) is 0 Å². The van der Waals surface area contributed by atoms with Crippen LogP contribution in [0.25, 0.3) is 0 Å². The van der Waals surface area contributed by atoms with Crippen molar-refractivity contribution in [2.45, 2.75) is 49.5 Å². The predicted octanol–water partition coefficient (Wildman–Crippen LogP) is 2.43. The fraction of sp³-hybridized carbons (Fsp3) is 1.00. The normalized spacial score (nSPS) is 21.0. The summed E-state index contributed by atoms with van der Waals surface area (Å²) in [6, 6.07) is 0. The summed E-state index contributed by atoms with van der Waals surface area (Å²) in [7, 11) is 0. The van der Waals surface area contributed by atoms with Crippen molar-refractivity contribution < 1.29 is 5.11 Å². The average Bonchev–Trinajstić information content (AvgIpc) is 2.39. The van der Waals surface area contributed by atoms with Crippen LogP contribution in [-0.4, -0.2) is 21.7 Å². The largest absolute Gasteiger partial charge is 0.395 e. The summed E-state index contributed by atoms with van der Waals surface area (Å²) in [5.74, 6) is 0. The van der Waals surface area contributed by atoms with E-state index in [4.69, 9.17) is 5.11 Å². The van der Waals surface area contributed by atoms with Gasteiger partial charge in [-0.25, -0.2) is 0 Å². The summed E-state index contributed by atoms with van der Waals surface area (Å²) in [6.45, 7) is 4.54. The van der Waals surface area contributed by atoms with Gasteiger partial charge in [0, 0.05) is 10.00 Å². The second-order valence-corrected chi connectivity index (χ2v) is 5.95. The molecule has 0 bridgehead atoms. The standard InChI is InChI=1S/C9H18OS/c1-9(2,7-10)11-8-5-3-4-6-8/h8,10H,3-7H2,1-2H3. The van der Waals surface area contributed by atoms with Crippen molar-refractivity contribution in [2.75, 3.05) is 6.61 Å². The Hall–Kier alpha value is 0.310. The second kappa shape index (κ2) is 3.81. The van der Waals surface area contributed by atoms with Crippen LogP contribution in [0, 0.1) is 0 Å². The molecule has 0 amide bonds. The minimum atomic E-state index is 0.0784. The zero-order chi connectivity index (χ0) is 8.32. The monoisotopic (exact) mass is 174 g/mol. The Morgan fingerprint density at radius 2 is 1.91 bits per heavy atom. The third-order valence-corrected chi connectivity index (χ3v) is 3.74. The summed E-state index contributed by atoms with van der Waals surface area (Å²) in [6.07, 6.45) is 5.49. The first-order valence-corrected chi connectivity index (χ1v) is 5.31. The van der Waals surface area contributed by atoms with Gasteiger partial charge >= 0.3 is 0 Å². The third kappa shape index (κ3) is 3.04. The lowest BCUT2D eigenvalue weighted by atomic mass is 10.2. The summed E-state index contributed by atoms with van der Waals surface area (Å²) < 4.78 is 0.0784. The van der Waals surface area contributed by atoms with Crippen molar-refractivity contribution in [3.63, 3.8) is 0 Å². The van der Waals surface area contributed by atoms with E-state index in [1.807, 2.05) is 11.8 Å². The van der Waals surface area contributed by atoms with E-state index in [1.165, 1.54) is 25.7 Å². The highest BCUT2D eigenvalue weighted by Gasteiger charge is 2.25. The number of hydrogen-bond acceptors (Lipinski definition) is 2. The molecule has 0 aromatic heterocycles. The molecule has 1 nitrogen and oxygen atoms in total. The molecule has 2 heteroatoms. The van der Waals surface area contributed by atoms with E-state index in [1.54, 1.807) is 0 Å². The van der Waals surface area contributed by atoms with Crippen molar-refractivity contribution in [1.29, 1.82) is 0 Å². The van der Waals surface area contributed by atoms with Crippen LogP contribution in [0.5, 0.6) is 0 Å². The van der Waals surface area contributed by atoms with Crippen molar-refractivity contribution in [2.24, 2.45) is 0 Å². The van der Waals surface area contributed by atoms with E-state index in [2.05, 4.69) is 13.8 Å². The Bertz CT molecular complexity index is 117. The molecule has 1 aliphatic carbocycles. The van der Waals surface area contributed by atoms with Gasteiger partial charge in [0.15, 0.2) is 0 Å². The van der Waals surface area contributed by atoms with Gasteiger partial charge in [-0.3, -0.25) is 0 Å². The molecule has 0 radical (unpaired) electrons. The van der Waals surface area contributed by atoms with Gasteiger partial charge in [0.2, 0.25) is 0 Å². The molecule has 0 aliphatic heterocycles. The van der Waals surface area contributed by atoms with Crippen molar-refractivity contribution >= 4 is 11.8 Å². The maximum atomic E-state index is 9.03. The number of rotatable bonds is 3. The lowest BCUT2D eigenvalue weighted by molar-refractivity contribution is 0.264. The van der Waals surface area contributed by atoms with E-state index >= 15 is 0 Å². The van der Waals surface area contributed by atoms with Gasteiger partial charge in [-0.1, -0.05) is 12.8 Å². The number of thioether (sulfide) groups is 1. The predicted molar refractivity (Wildman–Crippen MR) is 51.0 cm³/mol. The SMILES string of the molecule is CC(C)(CO)SC1CCCC1. The molecule has 1 N–H and O–H groups in total. The third-order valence-electron chi connectivity index (χ3n) is 2.17. The number of aliphatic hydroxyl groups excluding tert-OH is 1. The van der Waals surface area contributed by atoms with Crippen LogP contribution < -0.4 is 0 Å². The molecule has 0 atom stereocenters. The Balaban J connectivity index is 2.28. The Morgan fingerprint density at radius 3 is 2.36 bits per heavy atom. The van der Waals surface area contributed by atoms with Gasteiger partial charge in [-0.2, -0.15) is 0 Å². The lowest BCUT2D eigenvalue weighted by Crippen LogP contribution is -2.23. The highest BCUT2D eigenvalue weighted by molar-refractivity contribution is 8.01. The molecule has 0 aromatic rings. The molecule has 0 aromatic carbocycles. The van der Waals surface area contributed by atoms with Crippen LogP contribution in [0.1, 0.15) is 39.5 Å². The fourth-order valence-corrected chi connectivity index (χ4v) is 3.04. The van der Waals surface area contributed by atoms with Gasteiger partial charge in [0.05, 0.1) is 6.61 Å². The summed E-state index contributed by atoms with van der Waals surface area (Å²) >= 11 is 1.96. The molecule has 0 unspecified atom stereocenters. The van der Waals surface area contributed by atoms with Crippen LogP contribution in [0.15, 0.2) is 0 Å². The van der Waals surface area contributed by atoms with Gasteiger partial charge in [0.25, 0.3) is 0 Å². The molecule has 1 fully saturated rings. The zero-order valence-electron chi connectivity index (χ0n) is 7.47. The van der Waals surface area contributed by atoms with E-state index < -0.39 is 0 Å². The van der Waals surface area contributed by atoms with Crippen LogP contribution >= 0.6 is 11.8 Å².